The predicted molar refractivity (Wildman–Crippen MR) is 104 cm³/mol. The second-order valence-electron chi connectivity index (χ2n) is 5.87. The highest BCUT2D eigenvalue weighted by atomic mass is 79.9. The Bertz CT molecular complexity index is 1120. The minimum Gasteiger partial charge on any atom is -0.494 e. The molecule has 5 nitrogen and oxygen atoms in total. The fourth-order valence-electron chi connectivity index (χ4n) is 2.86. The molecule has 2 N–H and O–H groups in total. The maximum Gasteiger partial charge on any atom is 0.199 e. The zero-order valence-corrected chi connectivity index (χ0v) is 15.4. The van der Waals surface area contributed by atoms with Crippen molar-refractivity contribution in [3.63, 3.8) is 0 Å². The lowest BCUT2D eigenvalue weighted by Crippen LogP contribution is -2.19. The summed E-state index contributed by atoms with van der Waals surface area (Å²) in [5.41, 5.74) is 1.72. The quantitative estimate of drug-likeness (QED) is 0.599. The molecular formula is C19H13BrF2N4O. The Morgan fingerprint density at radius 2 is 2.04 bits per heavy atom. The highest BCUT2D eigenvalue weighted by molar-refractivity contribution is 9.10. The zero-order chi connectivity index (χ0) is 19.0. The minimum absolute atomic E-state index is 0.110. The second-order valence-corrected chi connectivity index (χ2v) is 6.78. The van der Waals surface area contributed by atoms with Gasteiger partial charge in [-0.3, -0.25) is 10.0 Å². The van der Waals surface area contributed by atoms with E-state index in [0.29, 0.717) is 34.3 Å². The van der Waals surface area contributed by atoms with Crippen LogP contribution in [0.5, 0.6) is 5.88 Å². The molecule has 1 aliphatic rings. The van der Waals surface area contributed by atoms with Crippen LogP contribution in [0.4, 0.5) is 8.78 Å². The van der Waals surface area contributed by atoms with Gasteiger partial charge in [-0.2, -0.15) is 5.10 Å². The molecule has 8 heteroatoms. The monoisotopic (exact) mass is 430 g/mol. The molecule has 0 atom stereocenters. The van der Waals surface area contributed by atoms with Gasteiger partial charge in [-0.25, -0.2) is 8.78 Å². The van der Waals surface area contributed by atoms with Crippen LogP contribution >= 0.6 is 15.9 Å². The maximum absolute atomic E-state index is 13.9. The van der Waals surface area contributed by atoms with Gasteiger partial charge in [0, 0.05) is 39.6 Å². The number of aliphatic imine (C=N–C) groups is 1. The van der Waals surface area contributed by atoms with Gasteiger partial charge in [0.25, 0.3) is 0 Å². The molecule has 4 rings (SSSR count). The van der Waals surface area contributed by atoms with Crippen LogP contribution in [0.25, 0.3) is 10.9 Å². The minimum atomic E-state index is -0.989. The van der Waals surface area contributed by atoms with E-state index in [-0.39, 0.29) is 5.88 Å². The van der Waals surface area contributed by atoms with Crippen molar-refractivity contribution in [2.24, 2.45) is 10.1 Å². The van der Waals surface area contributed by atoms with Crippen molar-refractivity contribution in [1.82, 2.24) is 9.99 Å². The predicted octanol–water partition coefficient (Wildman–Crippen LogP) is 4.52. The number of hydrogen-bond donors (Lipinski definition) is 2. The third kappa shape index (κ3) is 3.35. The summed E-state index contributed by atoms with van der Waals surface area (Å²) >= 11 is 3.42. The summed E-state index contributed by atoms with van der Waals surface area (Å²) in [6, 6.07) is 8.99. The largest absolute Gasteiger partial charge is 0.494 e. The Labute approximate surface area is 161 Å². The summed E-state index contributed by atoms with van der Waals surface area (Å²) in [4.78, 5) is 6.88. The first-order valence-corrected chi connectivity index (χ1v) is 8.82. The van der Waals surface area contributed by atoms with Crippen molar-refractivity contribution in [3.05, 3.63) is 76.0 Å². The first kappa shape index (κ1) is 17.4. The van der Waals surface area contributed by atoms with Gasteiger partial charge in [0.2, 0.25) is 0 Å². The van der Waals surface area contributed by atoms with Crippen molar-refractivity contribution < 1.29 is 13.9 Å². The number of nitrogens with one attached hydrogen (secondary N) is 1. The summed E-state index contributed by atoms with van der Waals surface area (Å²) in [5, 5.41) is 17.4. The van der Waals surface area contributed by atoms with Gasteiger partial charge in [-0.15, -0.1) is 0 Å². The molecule has 0 radical (unpaired) electrons. The van der Waals surface area contributed by atoms with E-state index >= 15 is 0 Å². The van der Waals surface area contributed by atoms with Gasteiger partial charge in [0.15, 0.2) is 17.5 Å². The van der Waals surface area contributed by atoms with Crippen LogP contribution in [0.3, 0.4) is 0 Å². The Kier molecular flexibility index (Phi) is 4.49. The van der Waals surface area contributed by atoms with E-state index in [4.69, 9.17) is 0 Å². The molecule has 2 heterocycles. The smallest absolute Gasteiger partial charge is 0.199 e. The molecule has 2 aromatic carbocycles. The number of hydrogen-bond acceptors (Lipinski definition) is 4. The number of rotatable bonds is 3. The molecule has 3 aromatic rings. The Balaban J connectivity index is 1.95. The zero-order valence-electron chi connectivity index (χ0n) is 13.8. The Morgan fingerprint density at radius 3 is 2.78 bits per heavy atom. The molecule has 0 spiro atoms. The first-order chi connectivity index (χ1) is 13.0. The molecule has 1 aromatic heterocycles. The van der Waals surface area contributed by atoms with Crippen LogP contribution in [0.1, 0.15) is 11.1 Å². The number of benzene rings is 2. The number of H-pyrrole nitrogens is 1. The summed E-state index contributed by atoms with van der Waals surface area (Å²) < 4.78 is 28.1. The van der Waals surface area contributed by atoms with Crippen LogP contribution < -0.4 is 0 Å². The van der Waals surface area contributed by atoms with Crippen LogP contribution in [0, 0.1) is 11.6 Å². The summed E-state index contributed by atoms with van der Waals surface area (Å²) in [7, 11) is 0. The summed E-state index contributed by atoms with van der Waals surface area (Å²) in [5.74, 6) is -2.05. The van der Waals surface area contributed by atoms with E-state index in [1.54, 1.807) is 29.7 Å². The normalized spacial score (nSPS) is 14.3. The highest BCUT2D eigenvalue weighted by Gasteiger charge is 2.21. The Morgan fingerprint density at radius 1 is 1.19 bits per heavy atom. The van der Waals surface area contributed by atoms with Gasteiger partial charge < -0.3 is 10.1 Å². The van der Waals surface area contributed by atoms with Crippen LogP contribution in [0.2, 0.25) is 0 Å². The molecule has 0 fully saturated rings. The summed E-state index contributed by atoms with van der Waals surface area (Å²) in [6.07, 6.45) is 4.89. The molecule has 0 saturated heterocycles. The van der Waals surface area contributed by atoms with Gasteiger partial charge >= 0.3 is 0 Å². The van der Waals surface area contributed by atoms with E-state index < -0.39 is 11.6 Å². The third-order valence-corrected chi connectivity index (χ3v) is 4.59. The lowest BCUT2D eigenvalue weighted by Gasteiger charge is -2.17. The molecule has 0 unspecified atom stereocenters. The van der Waals surface area contributed by atoms with Crippen molar-refractivity contribution in [1.29, 1.82) is 0 Å². The topological polar surface area (TPSA) is 64.0 Å². The molecule has 0 bridgehead atoms. The van der Waals surface area contributed by atoms with E-state index in [2.05, 4.69) is 31.0 Å². The molecular weight excluding hydrogens is 418 g/mol. The fraction of sp³-hybridized carbons (Fsp3) is 0.0526. The average Bonchev–Trinajstić information content (AvgIpc) is 2.98. The van der Waals surface area contributed by atoms with Crippen molar-refractivity contribution >= 4 is 38.8 Å². The fourth-order valence-corrected chi connectivity index (χ4v) is 3.22. The number of hydrazone groups is 1. The van der Waals surface area contributed by atoms with Gasteiger partial charge in [-0.1, -0.05) is 15.9 Å². The SMILES string of the molecule is Oc1[nH]c2ccc(Br)cc2c1/C(=N/N1C=CN=CC1)c1ccc(F)c(F)c1. The van der Waals surface area contributed by atoms with Crippen molar-refractivity contribution in [3.8, 4) is 5.88 Å². The van der Waals surface area contributed by atoms with Crippen LogP contribution in [-0.2, 0) is 0 Å². The molecule has 0 amide bonds. The van der Waals surface area contributed by atoms with E-state index in [1.807, 2.05) is 12.1 Å². The second kappa shape index (κ2) is 6.96. The number of aromatic amines is 1. The molecule has 136 valence electrons. The van der Waals surface area contributed by atoms with Crippen molar-refractivity contribution in [2.45, 2.75) is 0 Å². The number of halogens is 3. The van der Waals surface area contributed by atoms with E-state index in [0.717, 1.165) is 16.6 Å². The average molecular weight is 431 g/mol. The molecule has 0 saturated carbocycles. The molecule has 0 aliphatic carbocycles. The third-order valence-electron chi connectivity index (χ3n) is 4.10. The Hall–Kier alpha value is -3.00. The summed E-state index contributed by atoms with van der Waals surface area (Å²) in [6.45, 7) is 0.413. The van der Waals surface area contributed by atoms with Crippen LogP contribution in [-0.4, -0.2) is 33.6 Å². The van der Waals surface area contributed by atoms with E-state index in [1.165, 1.54) is 6.07 Å². The van der Waals surface area contributed by atoms with E-state index in [9.17, 15) is 13.9 Å². The number of aromatic nitrogens is 1. The van der Waals surface area contributed by atoms with Gasteiger partial charge in [-0.05, 0) is 36.4 Å². The highest BCUT2D eigenvalue weighted by Crippen LogP contribution is 2.32. The first-order valence-electron chi connectivity index (χ1n) is 8.02. The lowest BCUT2D eigenvalue weighted by atomic mass is 10.0. The standard InChI is InChI=1S/C19H13BrF2N4O/c20-12-2-4-16-13(10-12)17(19(27)24-16)18(25-26-7-5-23-6-8-26)11-1-3-14(21)15(22)9-11/h1-7,9-10,24,27H,8H2/b25-18+. The molecule has 27 heavy (non-hydrogen) atoms. The maximum atomic E-state index is 13.9. The number of nitrogens with zero attached hydrogens (tertiary/aromatic N) is 3. The van der Waals surface area contributed by atoms with Gasteiger partial charge in [0.1, 0.15) is 5.71 Å². The van der Waals surface area contributed by atoms with Gasteiger partial charge in [0.05, 0.1) is 12.1 Å². The molecule has 1 aliphatic heterocycles. The van der Waals surface area contributed by atoms with Crippen molar-refractivity contribution in [2.75, 3.05) is 6.54 Å². The van der Waals surface area contributed by atoms with Crippen LogP contribution in [0.15, 0.2) is 63.4 Å². The lowest BCUT2D eigenvalue weighted by molar-refractivity contribution is 0.449. The number of fused-ring (bicyclic) bond motifs is 1. The number of aromatic hydroxyl groups is 1.